The van der Waals surface area contributed by atoms with Crippen molar-refractivity contribution in [1.29, 1.82) is 0 Å². The molecule has 104 valence electrons. The molecule has 2 atom stereocenters. The van der Waals surface area contributed by atoms with Gasteiger partial charge in [0.25, 0.3) is 0 Å². The quantitative estimate of drug-likeness (QED) is 0.273. The molecule has 2 unspecified atom stereocenters. The first kappa shape index (κ1) is 12.5. The van der Waals surface area contributed by atoms with E-state index in [1.807, 2.05) is 0 Å². The maximum absolute atomic E-state index is 10.5. The summed E-state index contributed by atoms with van der Waals surface area (Å²) in [7, 11) is 0. The Balaban J connectivity index is 1.98. The SMILES string of the molecule is C=C(C=O)OC1C(n2cnc3c(N)ncnc32)C1(O)O. The van der Waals surface area contributed by atoms with Crippen molar-refractivity contribution in [3.8, 4) is 0 Å². The molecule has 4 N–H and O–H groups in total. The highest BCUT2D eigenvalue weighted by Gasteiger charge is 2.68. The summed E-state index contributed by atoms with van der Waals surface area (Å²) >= 11 is 0. The van der Waals surface area contributed by atoms with Crippen molar-refractivity contribution in [2.75, 3.05) is 5.73 Å². The van der Waals surface area contributed by atoms with Crippen LogP contribution in [0.15, 0.2) is 25.0 Å². The standard InChI is InChI=1S/C11H11N5O4/c1-5(2-17)20-8-7(11(8,18)19)16-4-15-6-9(12)13-3-14-10(6)16/h2-4,7-8,18-19H,1H2,(H2,12,13,14). The molecular formula is C11H11N5O4. The van der Waals surface area contributed by atoms with Gasteiger partial charge in [-0.3, -0.25) is 4.79 Å². The number of nitrogens with zero attached hydrogens (tertiary/aromatic N) is 4. The molecule has 1 aliphatic carbocycles. The van der Waals surface area contributed by atoms with Gasteiger partial charge in [0, 0.05) is 0 Å². The summed E-state index contributed by atoms with van der Waals surface area (Å²) in [5.41, 5.74) is 6.35. The Labute approximate surface area is 112 Å². The second kappa shape index (κ2) is 3.99. The molecule has 9 nitrogen and oxygen atoms in total. The Hall–Kier alpha value is -2.52. The summed E-state index contributed by atoms with van der Waals surface area (Å²) in [5, 5.41) is 19.7. The number of aromatic nitrogens is 4. The second-order valence-corrected chi connectivity index (χ2v) is 4.43. The van der Waals surface area contributed by atoms with Crippen molar-refractivity contribution in [1.82, 2.24) is 19.5 Å². The first-order valence-electron chi connectivity index (χ1n) is 5.65. The monoisotopic (exact) mass is 277 g/mol. The Bertz CT molecular complexity index is 710. The molecule has 1 aliphatic rings. The fourth-order valence-electron chi connectivity index (χ4n) is 2.08. The number of fused-ring (bicyclic) bond motifs is 1. The van der Waals surface area contributed by atoms with E-state index in [9.17, 15) is 15.0 Å². The Morgan fingerprint density at radius 1 is 1.50 bits per heavy atom. The van der Waals surface area contributed by atoms with E-state index < -0.39 is 17.9 Å². The van der Waals surface area contributed by atoms with Gasteiger partial charge in [-0.2, -0.15) is 0 Å². The van der Waals surface area contributed by atoms with Gasteiger partial charge >= 0.3 is 0 Å². The topological polar surface area (TPSA) is 136 Å². The number of ether oxygens (including phenoxy) is 1. The number of nitrogen functional groups attached to an aromatic ring is 1. The Morgan fingerprint density at radius 3 is 2.95 bits per heavy atom. The van der Waals surface area contributed by atoms with Crippen LogP contribution >= 0.6 is 0 Å². The maximum atomic E-state index is 10.5. The molecule has 0 aromatic carbocycles. The summed E-state index contributed by atoms with van der Waals surface area (Å²) in [6.07, 6.45) is 1.95. The minimum absolute atomic E-state index is 0.186. The van der Waals surface area contributed by atoms with Gasteiger partial charge in [0.15, 0.2) is 29.6 Å². The highest BCUT2D eigenvalue weighted by Crippen LogP contribution is 2.49. The molecule has 2 heterocycles. The average Bonchev–Trinajstić information content (AvgIpc) is 2.76. The third kappa shape index (κ3) is 1.64. The lowest BCUT2D eigenvalue weighted by atomic mass is 10.5. The van der Waals surface area contributed by atoms with Crippen molar-refractivity contribution in [2.45, 2.75) is 17.9 Å². The molecule has 3 rings (SSSR count). The van der Waals surface area contributed by atoms with Gasteiger partial charge in [0.05, 0.1) is 6.33 Å². The number of allylic oxidation sites excluding steroid dienone is 1. The van der Waals surface area contributed by atoms with Crippen LogP contribution in [0, 0.1) is 0 Å². The van der Waals surface area contributed by atoms with Crippen LogP contribution in [0.1, 0.15) is 6.04 Å². The summed E-state index contributed by atoms with van der Waals surface area (Å²) in [6, 6.07) is -0.863. The smallest absolute Gasteiger partial charge is 0.228 e. The van der Waals surface area contributed by atoms with Gasteiger partial charge in [-0.25, -0.2) is 15.0 Å². The van der Waals surface area contributed by atoms with E-state index in [1.54, 1.807) is 0 Å². The van der Waals surface area contributed by atoms with Crippen molar-refractivity contribution in [2.24, 2.45) is 0 Å². The number of rotatable bonds is 4. The van der Waals surface area contributed by atoms with Gasteiger partial charge in [0.2, 0.25) is 5.79 Å². The Kier molecular flexibility index (Phi) is 2.49. The molecule has 1 saturated carbocycles. The molecule has 2 aromatic rings. The molecule has 0 amide bonds. The molecule has 1 fully saturated rings. The minimum Gasteiger partial charge on any atom is -0.479 e. The lowest BCUT2D eigenvalue weighted by Crippen LogP contribution is -2.15. The fraction of sp³-hybridized carbons (Fsp3) is 0.273. The fourth-order valence-corrected chi connectivity index (χ4v) is 2.08. The highest BCUT2D eigenvalue weighted by molar-refractivity contribution is 5.81. The third-order valence-corrected chi connectivity index (χ3v) is 3.13. The molecule has 0 aliphatic heterocycles. The van der Waals surface area contributed by atoms with Gasteiger partial charge in [0.1, 0.15) is 17.9 Å². The van der Waals surface area contributed by atoms with Gasteiger partial charge in [-0.05, 0) is 0 Å². The molecule has 0 saturated heterocycles. The zero-order valence-corrected chi connectivity index (χ0v) is 10.2. The number of carbonyl (C=O) groups is 1. The van der Waals surface area contributed by atoms with E-state index in [-0.39, 0.29) is 11.6 Å². The first-order valence-corrected chi connectivity index (χ1v) is 5.65. The Morgan fingerprint density at radius 2 is 2.25 bits per heavy atom. The number of aldehydes is 1. The third-order valence-electron chi connectivity index (χ3n) is 3.13. The normalized spacial score (nSPS) is 23.5. The number of nitrogens with two attached hydrogens (primary N) is 1. The van der Waals surface area contributed by atoms with E-state index in [2.05, 4.69) is 21.5 Å². The number of anilines is 1. The molecule has 0 radical (unpaired) electrons. The highest BCUT2D eigenvalue weighted by atomic mass is 16.6. The van der Waals surface area contributed by atoms with Crippen LogP contribution in [0.4, 0.5) is 5.82 Å². The first-order chi connectivity index (χ1) is 9.46. The summed E-state index contributed by atoms with van der Waals surface area (Å²) in [4.78, 5) is 22.3. The summed E-state index contributed by atoms with van der Waals surface area (Å²) in [6.45, 7) is 3.33. The van der Waals surface area contributed by atoms with Crippen LogP contribution in [0.2, 0.25) is 0 Å². The van der Waals surface area contributed by atoms with Crippen molar-refractivity contribution in [3.63, 3.8) is 0 Å². The largest absolute Gasteiger partial charge is 0.479 e. The number of hydrogen-bond acceptors (Lipinski definition) is 8. The van der Waals surface area contributed by atoms with Crippen LogP contribution in [0.3, 0.4) is 0 Å². The van der Waals surface area contributed by atoms with E-state index in [1.165, 1.54) is 17.2 Å². The number of hydrogen-bond donors (Lipinski definition) is 3. The van der Waals surface area contributed by atoms with Crippen LogP contribution in [0.25, 0.3) is 11.2 Å². The van der Waals surface area contributed by atoms with E-state index in [0.717, 1.165) is 0 Å². The van der Waals surface area contributed by atoms with Crippen molar-refractivity contribution >= 4 is 23.3 Å². The van der Waals surface area contributed by atoms with Gasteiger partial charge in [-0.15, -0.1) is 0 Å². The zero-order valence-electron chi connectivity index (χ0n) is 10.2. The number of aliphatic hydroxyl groups is 2. The molecule has 9 heteroatoms. The zero-order chi connectivity index (χ0) is 14.5. The van der Waals surface area contributed by atoms with E-state index in [4.69, 9.17) is 10.5 Å². The lowest BCUT2D eigenvalue weighted by molar-refractivity contribution is -0.116. The predicted molar refractivity (Wildman–Crippen MR) is 66.0 cm³/mol. The van der Waals surface area contributed by atoms with Crippen LogP contribution in [0.5, 0.6) is 0 Å². The van der Waals surface area contributed by atoms with E-state index >= 15 is 0 Å². The molecule has 0 bridgehead atoms. The van der Waals surface area contributed by atoms with Crippen LogP contribution in [-0.4, -0.2) is 47.9 Å². The second-order valence-electron chi connectivity index (χ2n) is 4.43. The number of imidazole rings is 1. The molecule has 20 heavy (non-hydrogen) atoms. The number of carbonyl (C=O) groups excluding carboxylic acids is 1. The van der Waals surface area contributed by atoms with Gasteiger partial charge in [-0.1, -0.05) is 6.58 Å². The lowest BCUT2D eigenvalue weighted by Gasteiger charge is -2.02. The van der Waals surface area contributed by atoms with Crippen molar-refractivity contribution in [3.05, 3.63) is 25.0 Å². The predicted octanol–water partition coefficient (Wildman–Crippen LogP) is -1.26. The molecular weight excluding hydrogens is 266 g/mol. The van der Waals surface area contributed by atoms with Crippen LogP contribution < -0.4 is 5.73 Å². The summed E-state index contributed by atoms with van der Waals surface area (Å²) < 4.78 is 6.47. The van der Waals surface area contributed by atoms with Crippen molar-refractivity contribution < 1.29 is 19.7 Å². The minimum atomic E-state index is -2.14. The molecule has 0 spiro atoms. The van der Waals surface area contributed by atoms with Gasteiger partial charge < -0.3 is 25.3 Å². The average molecular weight is 277 g/mol. The van der Waals surface area contributed by atoms with E-state index in [0.29, 0.717) is 17.5 Å². The molecule has 2 aromatic heterocycles. The van der Waals surface area contributed by atoms with Crippen LogP contribution in [-0.2, 0) is 9.53 Å². The maximum Gasteiger partial charge on any atom is 0.228 e. The summed E-state index contributed by atoms with van der Waals surface area (Å²) in [5.74, 6) is -2.14.